The van der Waals surface area contributed by atoms with E-state index in [9.17, 15) is 0 Å². The van der Waals surface area contributed by atoms with E-state index in [1.165, 1.54) is 25.7 Å². The van der Waals surface area contributed by atoms with Gasteiger partial charge in [0.05, 0.1) is 6.61 Å². The van der Waals surface area contributed by atoms with E-state index in [1.807, 2.05) is 0 Å². The number of rotatable bonds is 6. The van der Waals surface area contributed by atoms with Crippen LogP contribution in [0.25, 0.3) is 0 Å². The fraction of sp³-hybridized carbons (Fsp3) is 1.00. The van der Waals surface area contributed by atoms with Crippen molar-refractivity contribution >= 4 is 0 Å². The van der Waals surface area contributed by atoms with Crippen molar-refractivity contribution in [2.45, 2.75) is 51.1 Å². The number of aliphatic hydroxyl groups is 1. The molecule has 0 heterocycles. The Labute approximate surface area is 80.7 Å². The minimum absolute atomic E-state index is 0.298. The Balaban J connectivity index is 1.80. The molecule has 2 nitrogen and oxygen atoms in total. The van der Waals surface area contributed by atoms with Gasteiger partial charge in [0.2, 0.25) is 0 Å². The molecule has 76 valence electrons. The molecule has 2 aliphatic carbocycles. The second-order valence-electron chi connectivity index (χ2n) is 4.66. The predicted octanol–water partition coefficient (Wildman–Crippen LogP) is 1.54. The normalized spacial score (nSPS) is 25.2. The first-order valence-electron chi connectivity index (χ1n) is 5.72. The second kappa shape index (κ2) is 3.97. The quantitative estimate of drug-likeness (QED) is 0.654. The first-order chi connectivity index (χ1) is 6.35. The standard InChI is InChI=1S/C11H21NO/c1-2-10(7-13)12-11(8-3-4-8)9-5-6-9/h8-13H,2-7H2,1H3/t10-/m1/s1. The minimum Gasteiger partial charge on any atom is -0.395 e. The van der Waals surface area contributed by atoms with E-state index in [0.717, 1.165) is 24.3 Å². The van der Waals surface area contributed by atoms with Gasteiger partial charge in [-0.25, -0.2) is 0 Å². The van der Waals surface area contributed by atoms with Crippen LogP contribution in [0, 0.1) is 11.8 Å². The molecule has 13 heavy (non-hydrogen) atoms. The maximum atomic E-state index is 9.12. The molecule has 2 aliphatic rings. The van der Waals surface area contributed by atoms with Crippen LogP contribution < -0.4 is 5.32 Å². The molecule has 0 aliphatic heterocycles. The van der Waals surface area contributed by atoms with Crippen molar-refractivity contribution in [3.63, 3.8) is 0 Å². The molecule has 0 aromatic heterocycles. The fourth-order valence-corrected chi connectivity index (χ4v) is 2.14. The van der Waals surface area contributed by atoms with Gasteiger partial charge in [-0.15, -0.1) is 0 Å². The third-order valence-electron chi connectivity index (χ3n) is 3.40. The molecule has 0 aromatic rings. The van der Waals surface area contributed by atoms with Crippen molar-refractivity contribution in [2.75, 3.05) is 6.61 Å². The zero-order chi connectivity index (χ0) is 9.26. The van der Waals surface area contributed by atoms with Crippen LogP contribution in [0.15, 0.2) is 0 Å². The van der Waals surface area contributed by atoms with Gasteiger partial charge >= 0.3 is 0 Å². The summed E-state index contributed by atoms with van der Waals surface area (Å²) in [5.74, 6) is 1.88. The Hall–Kier alpha value is -0.0800. The number of nitrogens with one attached hydrogen (secondary N) is 1. The molecular formula is C11H21NO. The lowest BCUT2D eigenvalue weighted by molar-refractivity contribution is 0.217. The van der Waals surface area contributed by atoms with Crippen molar-refractivity contribution < 1.29 is 5.11 Å². The molecule has 1 atom stereocenters. The molecule has 2 N–H and O–H groups in total. The van der Waals surface area contributed by atoms with Crippen molar-refractivity contribution in [3.05, 3.63) is 0 Å². The van der Waals surface area contributed by atoms with Crippen LogP contribution in [-0.4, -0.2) is 23.8 Å². The van der Waals surface area contributed by atoms with Crippen molar-refractivity contribution in [1.82, 2.24) is 5.32 Å². The van der Waals surface area contributed by atoms with Gasteiger partial charge in [0.1, 0.15) is 0 Å². The van der Waals surface area contributed by atoms with Gasteiger partial charge in [-0.1, -0.05) is 6.92 Å². The van der Waals surface area contributed by atoms with Crippen molar-refractivity contribution in [2.24, 2.45) is 11.8 Å². The Bertz CT molecular complexity index is 147. The molecule has 2 fully saturated rings. The molecule has 0 spiro atoms. The van der Waals surface area contributed by atoms with Crippen LogP contribution in [0.2, 0.25) is 0 Å². The molecule has 0 bridgehead atoms. The van der Waals surface area contributed by atoms with Crippen LogP contribution in [0.1, 0.15) is 39.0 Å². The van der Waals surface area contributed by atoms with E-state index in [1.54, 1.807) is 0 Å². The van der Waals surface area contributed by atoms with Gasteiger partial charge in [-0.05, 0) is 43.9 Å². The van der Waals surface area contributed by atoms with Crippen LogP contribution in [-0.2, 0) is 0 Å². The molecule has 0 radical (unpaired) electrons. The summed E-state index contributed by atoms with van der Waals surface area (Å²) in [6.45, 7) is 2.44. The molecule has 2 saturated carbocycles. The van der Waals surface area contributed by atoms with Crippen LogP contribution in [0.3, 0.4) is 0 Å². The Kier molecular flexibility index (Phi) is 2.89. The van der Waals surface area contributed by atoms with Crippen molar-refractivity contribution in [1.29, 1.82) is 0 Å². The highest BCUT2D eigenvalue weighted by Crippen LogP contribution is 2.44. The number of aliphatic hydroxyl groups excluding tert-OH is 1. The maximum Gasteiger partial charge on any atom is 0.0584 e. The summed E-state index contributed by atoms with van der Waals surface area (Å²) in [4.78, 5) is 0. The monoisotopic (exact) mass is 183 g/mol. The Morgan fingerprint density at radius 2 is 1.77 bits per heavy atom. The highest BCUT2D eigenvalue weighted by atomic mass is 16.3. The highest BCUT2D eigenvalue weighted by Gasteiger charge is 2.41. The van der Waals surface area contributed by atoms with Crippen LogP contribution in [0.5, 0.6) is 0 Å². The maximum absolute atomic E-state index is 9.12. The summed E-state index contributed by atoms with van der Waals surface area (Å²) in [5.41, 5.74) is 0. The van der Waals surface area contributed by atoms with Gasteiger partial charge in [0, 0.05) is 12.1 Å². The van der Waals surface area contributed by atoms with E-state index in [-0.39, 0.29) is 0 Å². The van der Waals surface area contributed by atoms with E-state index in [2.05, 4.69) is 12.2 Å². The molecule has 2 heteroatoms. The topological polar surface area (TPSA) is 32.3 Å². The van der Waals surface area contributed by atoms with E-state index in [4.69, 9.17) is 5.11 Å². The summed E-state index contributed by atoms with van der Waals surface area (Å²) in [6, 6.07) is 1.07. The van der Waals surface area contributed by atoms with Crippen LogP contribution in [0.4, 0.5) is 0 Å². The largest absolute Gasteiger partial charge is 0.395 e. The Morgan fingerprint density at radius 3 is 2.08 bits per heavy atom. The third kappa shape index (κ3) is 2.44. The first kappa shape index (κ1) is 9.47. The SMILES string of the molecule is CC[C@H](CO)NC(C1CC1)C1CC1. The molecule has 2 rings (SSSR count). The van der Waals surface area contributed by atoms with E-state index < -0.39 is 0 Å². The molecule has 0 unspecified atom stereocenters. The summed E-state index contributed by atoms with van der Waals surface area (Å²) in [6.07, 6.45) is 6.70. The predicted molar refractivity (Wildman–Crippen MR) is 53.5 cm³/mol. The second-order valence-corrected chi connectivity index (χ2v) is 4.66. The lowest BCUT2D eigenvalue weighted by Gasteiger charge is -2.23. The van der Waals surface area contributed by atoms with Gasteiger partial charge < -0.3 is 10.4 Å². The zero-order valence-electron chi connectivity index (χ0n) is 8.50. The first-order valence-corrected chi connectivity index (χ1v) is 5.72. The summed E-state index contributed by atoms with van der Waals surface area (Å²) >= 11 is 0. The van der Waals surface area contributed by atoms with Gasteiger partial charge in [-0.2, -0.15) is 0 Å². The van der Waals surface area contributed by atoms with Crippen molar-refractivity contribution in [3.8, 4) is 0 Å². The Morgan fingerprint density at radius 1 is 1.23 bits per heavy atom. The molecule has 0 aromatic carbocycles. The minimum atomic E-state index is 0.298. The van der Waals surface area contributed by atoms with E-state index >= 15 is 0 Å². The zero-order valence-corrected chi connectivity index (χ0v) is 8.50. The molecular weight excluding hydrogens is 162 g/mol. The lowest BCUT2D eigenvalue weighted by Crippen LogP contribution is -2.42. The summed E-state index contributed by atoms with van der Waals surface area (Å²) in [7, 11) is 0. The summed E-state index contributed by atoms with van der Waals surface area (Å²) in [5, 5.41) is 12.7. The summed E-state index contributed by atoms with van der Waals surface area (Å²) < 4.78 is 0. The average Bonchev–Trinajstić information content (AvgIpc) is 3.01. The average molecular weight is 183 g/mol. The van der Waals surface area contributed by atoms with Gasteiger partial charge in [-0.3, -0.25) is 0 Å². The number of hydrogen-bond acceptors (Lipinski definition) is 2. The molecule has 0 saturated heterocycles. The smallest absolute Gasteiger partial charge is 0.0584 e. The lowest BCUT2D eigenvalue weighted by atomic mass is 10.1. The fourth-order valence-electron chi connectivity index (χ4n) is 2.14. The highest BCUT2D eigenvalue weighted by molar-refractivity contribution is 4.97. The van der Waals surface area contributed by atoms with Gasteiger partial charge in [0.15, 0.2) is 0 Å². The molecule has 0 amide bonds. The number of hydrogen-bond donors (Lipinski definition) is 2. The third-order valence-corrected chi connectivity index (χ3v) is 3.40. The van der Waals surface area contributed by atoms with E-state index in [0.29, 0.717) is 12.6 Å². The van der Waals surface area contributed by atoms with Gasteiger partial charge in [0.25, 0.3) is 0 Å². The van der Waals surface area contributed by atoms with Crippen LogP contribution >= 0.6 is 0 Å².